The smallest absolute Gasteiger partial charge is 0.191 e. The van der Waals surface area contributed by atoms with Gasteiger partial charge in [0.1, 0.15) is 5.82 Å². The predicted octanol–water partition coefficient (Wildman–Crippen LogP) is 3.98. The predicted molar refractivity (Wildman–Crippen MR) is 113 cm³/mol. The Morgan fingerprint density at radius 3 is 2.19 bits per heavy atom. The van der Waals surface area contributed by atoms with Crippen molar-refractivity contribution in [2.45, 2.75) is 38.8 Å². The molecule has 144 valence electrons. The molecule has 0 amide bonds. The Labute approximate surface area is 166 Å². The number of nitrogens with zero attached hydrogens (tertiary/aromatic N) is 3. The van der Waals surface area contributed by atoms with Crippen LogP contribution in [0.2, 0.25) is 5.02 Å². The van der Waals surface area contributed by atoms with Gasteiger partial charge in [-0.05, 0) is 42.2 Å². The van der Waals surface area contributed by atoms with Gasteiger partial charge in [-0.1, -0.05) is 42.6 Å². The molecule has 1 aliphatic heterocycles. The zero-order valence-electron chi connectivity index (χ0n) is 15.9. The first-order chi connectivity index (χ1) is 13.2. The zero-order chi connectivity index (χ0) is 18.9. The Balaban J connectivity index is 1.48. The van der Waals surface area contributed by atoms with E-state index in [-0.39, 0.29) is 0 Å². The van der Waals surface area contributed by atoms with Gasteiger partial charge in [0.15, 0.2) is 5.96 Å². The minimum Gasteiger partial charge on any atom is -0.357 e. The van der Waals surface area contributed by atoms with Crippen molar-refractivity contribution in [1.82, 2.24) is 15.6 Å². The molecule has 3 rings (SSSR count). The number of nitrogens with one attached hydrogen (secondary N) is 2. The summed E-state index contributed by atoms with van der Waals surface area (Å²) in [6.45, 7) is 3.62. The van der Waals surface area contributed by atoms with Crippen LogP contribution < -0.4 is 15.5 Å². The van der Waals surface area contributed by atoms with E-state index in [9.17, 15) is 0 Å². The number of aromatic nitrogens is 1. The summed E-state index contributed by atoms with van der Waals surface area (Å²) < 4.78 is 0. The Bertz CT molecular complexity index is 719. The van der Waals surface area contributed by atoms with Crippen LogP contribution in [0.3, 0.4) is 0 Å². The van der Waals surface area contributed by atoms with Gasteiger partial charge in [0.2, 0.25) is 0 Å². The van der Waals surface area contributed by atoms with E-state index in [1.807, 2.05) is 30.5 Å². The first kappa shape index (κ1) is 19.5. The van der Waals surface area contributed by atoms with Gasteiger partial charge in [-0.15, -0.1) is 0 Å². The highest BCUT2D eigenvalue weighted by molar-refractivity contribution is 6.30. The SMILES string of the molecule is CN=C(NCc1ccc(Cl)cc1)NCc1ccc(N2CCCCCC2)nc1. The molecule has 1 aliphatic rings. The van der Waals surface area contributed by atoms with Crippen molar-refractivity contribution < 1.29 is 0 Å². The van der Waals surface area contributed by atoms with E-state index >= 15 is 0 Å². The molecular formula is C21H28ClN5. The van der Waals surface area contributed by atoms with E-state index in [1.54, 1.807) is 7.05 Å². The van der Waals surface area contributed by atoms with Gasteiger partial charge in [-0.25, -0.2) is 4.98 Å². The molecule has 27 heavy (non-hydrogen) atoms. The number of anilines is 1. The summed E-state index contributed by atoms with van der Waals surface area (Å²) in [5.74, 6) is 1.85. The molecule has 0 aliphatic carbocycles. The van der Waals surface area contributed by atoms with E-state index in [0.717, 1.165) is 41.0 Å². The number of benzene rings is 1. The van der Waals surface area contributed by atoms with Crippen LogP contribution in [0.1, 0.15) is 36.8 Å². The molecule has 1 aromatic carbocycles. The number of rotatable bonds is 5. The van der Waals surface area contributed by atoms with Crippen LogP contribution in [0.25, 0.3) is 0 Å². The molecule has 1 aromatic heterocycles. The van der Waals surface area contributed by atoms with Gasteiger partial charge >= 0.3 is 0 Å². The van der Waals surface area contributed by atoms with Crippen LogP contribution in [0.15, 0.2) is 47.6 Å². The second kappa shape index (κ2) is 10.2. The third-order valence-electron chi connectivity index (χ3n) is 4.80. The number of guanidine groups is 1. The van der Waals surface area contributed by atoms with Gasteiger partial charge in [0, 0.05) is 44.4 Å². The van der Waals surface area contributed by atoms with Gasteiger partial charge in [0.25, 0.3) is 0 Å². The van der Waals surface area contributed by atoms with Gasteiger partial charge < -0.3 is 15.5 Å². The molecule has 0 unspecified atom stereocenters. The van der Waals surface area contributed by atoms with Gasteiger partial charge in [-0.3, -0.25) is 4.99 Å². The molecule has 2 aromatic rings. The van der Waals surface area contributed by atoms with Gasteiger partial charge in [-0.2, -0.15) is 0 Å². The molecule has 0 bridgehead atoms. The Kier molecular flexibility index (Phi) is 7.34. The lowest BCUT2D eigenvalue weighted by atomic mass is 10.2. The molecule has 0 spiro atoms. The van der Waals surface area contributed by atoms with Crippen molar-refractivity contribution in [3.05, 3.63) is 58.7 Å². The maximum atomic E-state index is 5.92. The maximum absolute atomic E-state index is 5.92. The fourth-order valence-electron chi connectivity index (χ4n) is 3.20. The minimum atomic E-state index is 0.688. The number of pyridine rings is 1. The number of halogens is 1. The van der Waals surface area contributed by atoms with E-state index in [2.05, 4.69) is 37.6 Å². The molecule has 1 fully saturated rings. The summed E-state index contributed by atoms with van der Waals surface area (Å²) in [4.78, 5) is 11.3. The molecule has 0 radical (unpaired) electrons. The van der Waals surface area contributed by atoms with Crippen molar-refractivity contribution >= 4 is 23.4 Å². The molecule has 2 N–H and O–H groups in total. The fraction of sp³-hybridized carbons (Fsp3) is 0.429. The normalized spacial score (nSPS) is 15.3. The Morgan fingerprint density at radius 1 is 0.963 bits per heavy atom. The highest BCUT2D eigenvalue weighted by Gasteiger charge is 2.10. The molecule has 2 heterocycles. The summed E-state index contributed by atoms with van der Waals surface area (Å²) in [5, 5.41) is 7.40. The second-order valence-electron chi connectivity index (χ2n) is 6.83. The van der Waals surface area contributed by atoms with Crippen LogP contribution in [-0.2, 0) is 13.1 Å². The summed E-state index contributed by atoms with van der Waals surface area (Å²) >= 11 is 5.92. The lowest BCUT2D eigenvalue weighted by Crippen LogP contribution is -2.36. The highest BCUT2D eigenvalue weighted by atomic mass is 35.5. The highest BCUT2D eigenvalue weighted by Crippen LogP contribution is 2.17. The maximum Gasteiger partial charge on any atom is 0.191 e. The van der Waals surface area contributed by atoms with Crippen molar-refractivity contribution in [1.29, 1.82) is 0 Å². The van der Waals surface area contributed by atoms with Crippen LogP contribution in [-0.4, -0.2) is 31.1 Å². The van der Waals surface area contributed by atoms with Crippen LogP contribution >= 0.6 is 11.6 Å². The monoisotopic (exact) mass is 385 g/mol. The third kappa shape index (κ3) is 6.14. The van der Waals surface area contributed by atoms with E-state index < -0.39 is 0 Å². The largest absolute Gasteiger partial charge is 0.357 e. The minimum absolute atomic E-state index is 0.688. The zero-order valence-corrected chi connectivity index (χ0v) is 16.7. The molecule has 0 saturated carbocycles. The van der Waals surface area contributed by atoms with Crippen LogP contribution in [0.5, 0.6) is 0 Å². The third-order valence-corrected chi connectivity index (χ3v) is 5.05. The standard InChI is InChI=1S/C21H28ClN5/c1-23-21(25-14-17-6-9-19(22)10-7-17)26-16-18-8-11-20(24-15-18)27-12-4-2-3-5-13-27/h6-11,15H,2-5,12-14,16H2,1H3,(H2,23,25,26). The summed E-state index contributed by atoms with van der Waals surface area (Å²) in [5.41, 5.74) is 2.30. The number of aliphatic imine (C=N–C) groups is 1. The summed E-state index contributed by atoms with van der Waals surface area (Å²) in [6, 6.07) is 12.1. The lowest BCUT2D eigenvalue weighted by molar-refractivity contribution is 0.726. The summed E-state index contributed by atoms with van der Waals surface area (Å²) in [6.07, 6.45) is 7.15. The summed E-state index contributed by atoms with van der Waals surface area (Å²) in [7, 11) is 1.78. The van der Waals surface area contributed by atoms with Crippen molar-refractivity contribution in [3.63, 3.8) is 0 Å². The van der Waals surface area contributed by atoms with Crippen molar-refractivity contribution in [2.75, 3.05) is 25.0 Å². The van der Waals surface area contributed by atoms with E-state index in [4.69, 9.17) is 11.6 Å². The van der Waals surface area contributed by atoms with E-state index in [0.29, 0.717) is 13.1 Å². The Morgan fingerprint density at radius 2 is 1.59 bits per heavy atom. The molecular weight excluding hydrogens is 358 g/mol. The lowest BCUT2D eigenvalue weighted by Gasteiger charge is -2.21. The Hall–Kier alpha value is -2.27. The molecule has 1 saturated heterocycles. The van der Waals surface area contributed by atoms with Crippen molar-refractivity contribution in [3.8, 4) is 0 Å². The van der Waals surface area contributed by atoms with Crippen LogP contribution in [0.4, 0.5) is 5.82 Å². The quantitative estimate of drug-likeness (QED) is 0.603. The topological polar surface area (TPSA) is 52.6 Å². The number of hydrogen-bond donors (Lipinski definition) is 2. The van der Waals surface area contributed by atoms with E-state index in [1.165, 1.54) is 25.7 Å². The molecule has 0 atom stereocenters. The first-order valence-corrected chi connectivity index (χ1v) is 10.0. The second-order valence-corrected chi connectivity index (χ2v) is 7.27. The van der Waals surface area contributed by atoms with Crippen LogP contribution in [0, 0.1) is 0 Å². The fourth-order valence-corrected chi connectivity index (χ4v) is 3.33. The molecule has 5 nitrogen and oxygen atoms in total. The first-order valence-electron chi connectivity index (χ1n) is 9.63. The average molecular weight is 386 g/mol. The van der Waals surface area contributed by atoms with Crippen molar-refractivity contribution in [2.24, 2.45) is 4.99 Å². The van der Waals surface area contributed by atoms with Gasteiger partial charge in [0.05, 0.1) is 0 Å². The molecule has 6 heteroatoms. The number of hydrogen-bond acceptors (Lipinski definition) is 3. The average Bonchev–Trinajstić information content (AvgIpc) is 2.99.